The molecule has 0 fully saturated rings. The van der Waals surface area contributed by atoms with E-state index in [9.17, 15) is 15.0 Å². The molecule has 160 valence electrons. The molecule has 0 saturated heterocycles. The van der Waals surface area contributed by atoms with Crippen molar-refractivity contribution < 1.29 is 29.0 Å². The summed E-state index contributed by atoms with van der Waals surface area (Å²) in [7, 11) is 3.23. The second kappa shape index (κ2) is 9.95. The SMILES string of the molecule is COCC[NH+](CCOC)Cc1c(O)ccc2c([O-])c(-c3ccc(Cl)cc3)c(=O)oc12. The van der Waals surface area contributed by atoms with Crippen LogP contribution in [0.15, 0.2) is 45.6 Å². The second-order valence-electron chi connectivity index (χ2n) is 6.95. The molecule has 1 heterocycles. The van der Waals surface area contributed by atoms with E-state index in [-0.39, 0.29) is 22.3 Å². The number of quaternary nitrogens is 1. The van der Waals surface area contributed by atoms with Gasteiger partial charge in [-0.25, -0.2) is 4.79 Å². The van der Waals surface area contributed by atoms with Gasteiger partial charge >= 0.3 is 5.63 Å². The molecule has 1 aromatic heterocycles. The highest BCUT2D eigenvalue weighted by atomic mass is 35.5. The number of nitrogens with one attached hydrogen (secondary N) is 1. The van der Waals surface area contributed by atoms with E-state index in [0.29, 0.717) is 49.0 Å². The molecule has 0 bridgehead atoms. The van der Waals surface area contributed by atoms with Crippen LogP contribution in [0.1, 0.15) is 5.56 Å². The van der Waals surface area contributed by atoms with Crippen molar-refractivity contribution in [3.05, 3.63) is 57.4 Å². The molecule has 0 spiro atoms. The maximum absolute atomic E-state index is 13.1. The molecule has 0 radical (unpaired) electrons. The average molecular weight is 434 g/mol. The number of aromatic hydroxyl groups is 1. The third-order valence-electron chi connectivity index (χ3n) is 4.99. The standard InChI is InChI=1S/C22H24ClNO6/c1-28-11-9-24(10-12-29-2)13-17-18(25)8-7-16-20(26)19(22(27)30-21(16)17)14-3-5-15(23)6-4-14/h3-8,25-26H,9-13H2,1-2H3. The van der Waals surface area contributed by atoms with Crippen LogP contribution in [-0.4, -0.2) is 45.6 Å². The van der Waals surface area contributed by atoms with E-state index in [2.05, 4.69) is 0 Å². The first-order chi connectivity index (χ1) is 14.5. The summed E-state index contributed by atoms with van der Waals surface area (Å²) in [4.78, 5) is 13.8. The van der Waals surface area contributed by atoms with Gasteiger partial charge in [0.05, 0.1) is 24.3 Å². The molecule has 0 amide bonds. The van der Waals surface area contributed by atoms with Gasteiger partial charge in [-0.15, -0.1) is 0 Å². The monoisotopic (exact) mass is 433 g/mol. The number of methoxy groups -OCH3 is 2. The van der Waals surface area contributed by atoms with Crippen LogP contribution < -0.4 is 15.6 Å². The molecule has 0 aliphatic rings. The third-order valence-corrected chi connectivity index (χ3v) is 5.24. The molecule has 0 aliphatic carbocycles. The number of benzene rings is 2. The van der Waals surface area contributed by atoms with Crippen molar-refractivity contribution in [3.8, 4) is 22.6 Å². The second-order valence-corrected chi connectivity index (χ2v) is 7.39. The van der Waals surface area contributed by atoms with Gasteiger partial charge in [-0.3, -0.25) is 0 Å². The normalized spacial score (nSPS) is 11.5. The fraction of sp³-hybridized carbons (Fsp3) is 0.318. The zero-order chi connectivity index (χ0) is 21.7. The van der Waals surface area contributed by atoms with Crippen LogP contribution in [0.25, 0.3) is 22.1 Å². The molecule has 2 aromatic carbocycles. The lowest BCUT2D eigenvalue weighted by Crippen LogP contribution is -3.11. The van der Waals surface area contributed by atoms with Gasteiger partial charge in [0.2, 0.25) is 0 Å². The van der Waals surface area contributed by atoms with Gasteiger partial charge in [0.1, 0.15) is 31.0 Å². The number of rotatable bonds is 9. The number of hydrogen-bond donors (Lipinski definition) is 2. The maximum Gasteiger partial charge on any atom is 0.343 e. The van der Waals surface area contributed by atoms with Gasteiger partial charge in [-0.05, 0) is 29.8 Å². The zero-order valence-corrected chi connectivity index (χ0v) is 17.6. The van der Waals surface area contributed by atoms with E-state index in [0.717, 1.165) is 4.90 Å². The summed E-state index contributed by atoms with van der Waals surface area (Å²) in [6.45, 7) is 2.70. The number of phenolic OH excluding ortho intramolecular Hbond substituents is 1. The summed E-state index contributed by atoms with van der Waals surface area (Å²) in [5.41, 5.74) is 0.138. The Hall–Kier alpha value is -2.58. The summed E-state index contributed by atoms with van der Waals surface area (Å²) < 4.78 is 15.9. The minimum absolute atomic E-state index is 0.0309. The minimum Gasteiger partial charge on any atom is -0.871 e. The topological polar surface area (TPSA) is 96.4 Å². The van der Waals surface area contributed by atoms with Crippen LogP contribution in [0.5, 0.6) is 11.5 Å². The molecule has 0 saturated carbocycles. The first-order valence-electron chi connectivity index (χ1n) is 9.52. The van der Waals surface area contributed by atoms with E-state index in [1.807, 2.05) is 0 Å². The molecule has 0 unspecified atom stereocenters. The van der Waals surface area contributed by atoms with E-state index in [4.69, 9.17) is 25.5 Å². The van der Waals surface area contributed by atoms with Gasteiger partial charge < -0.3 is 29.0 Å². The molecule has 7 nitrogen and oxygen atoms in total. The van der Waals surface area contributed by atoms with Crippen LogP contribution in [0, 0.1) is 0 Å². The van der Waals surface area contributed by atoms with Gasteiger partial charge in [-0.2, -0.15) is 0 Å². The third kappa shape index (κ3) is 4.76. The van der Waals surface area contributed by atoms with Gasteiger partial charge in [-0.1, -0.05) is 29.5 Å². The Bertz CT molecular complexity index is 1060. The first kappa shape index (κ1) is 22.1. The number of phenols is 1. The van der Waals surface area contributed by atoms with Gasteiger partial charge in [0.15, 0.2) is 0 Å². The van der Waals surface area contributed by atoms with E-state index >= 15 is 0 Å². The average Bonchev–Trinajstić information content (AvgIpc) is 2.73. The Balaban J connectivity index is 2.08. The molecule has 3 aromatic rings. The summed E-state index contributed by atoms with van der Waals surface area (Å²) >= 11 is 5.91. The lowest BCUT2D eigenvalue weighted by Gasteiger charge is -2.21. The summed E-state index contributed by atoms with van der Waals surface area (Å²) in [5, 5.41) is 24.3. The minimum atomic E-state index is -0.753. The Morgan fingerprint density at radius 1 is 1.07 bits per heavy atom. The Labute approximate surface area is 179 Å². The Morgan fingerprint density at radius 2 is 1.70 bits per heavy atom. The Kier molecular flexibility index (Phi) is 7.33. The summed E-state index contributed by atoms with van der Waals surface area (Å²) in [6, 6.07) is 9.34. The number of ether oxygens (including phenoxy) is 2. The summed E-state index contributed by atoms with van der Waals surface area (Å²) in [5.74, 6) is -0.475. The van der Waals surface area contributed by atoms with E-state index in [1.54, 1.807) is 38.5 Å². The molecule has 2 N–H and O–H groups in total. The molecule has 0 aliphatic heterocycles. The smallest absolute Gasteiger partial charge is 0.343 e. The number of fused-ring (bicyclic) bond motifs is 1. The molecular weight excluding hydrogens is 410 g/mol. The van der Waals surface area contributed by atoms with Crippen LogP contribution in [-0.2, 0) is 16.0 Å². The van der Waals surface area contributed by atoms with Crippen molar-refractivity contribution in [2.75, 3.05) is 40.5 Å². The van der Waals surface area contributed by atoms with Crippen molar-refractivity contribution >= 4 is 22.6 Å². The molecule has 3 rings (SSSR count). The predicted octanol–water partition coefficient (Wildman–Crippen LogP) is 1.57. The lowest BCUT2D eigenvalue weighted by atomic mass is 10.0. The predicted molar refractivity (Wildman–Crippen MR) is 112 cm³/mol. The van der Waals surface area contributed by atoms with Crippen molar-refractivity contribution in [1.82, 2.24) is 0 Å². The van der Waals surface area contributed by atoms with Crippen molar-refractivity contribution in [2.45, 2.75) is 6.54 Å². The van der Waals surface area contributed by atoms with Gasteiger partial charge in [0, 0.05) is 24.6 Å². The maximum atomic E-state index is 13.1. The van der Waals surface area contributed by atoms with Crippen LogP contribution in [0.4, 0.5) is 0 Å². The number of hydrogen-bond acceptors (Lipinski definition) is 6. The van der Waals surface area contributed by atoms with E-state index < -0.39 is 11.4 Å². The fourth-order valence-electron chi connectivity index (χ4n) is 3.36. The first-order valence-corrected chi connectivity index (χ1v) is 9.90. The highest BCUT2D eigenvalue weighted by molar-refractivity contribution is 6.30. The van der Waals surface area contributed by atoms with Crippen LogP contribution in [0.3, 0.4) is 0 Å². The van der Waals surface area contributed by atoms with Crippen LogP contribution in [0.2, 0.25) is 5.02 Å². The number of halogens is 1. The fourth-order valence-corrected chi connectivity index (χ4v) is 3.49. The van der Waals surface area contributed by atoms with Crippen LogP contribution >= 0.6 is 11.6 Å². The highest BCUT2D eigenvalue weighted by Gasteiger charge is 2.20. The molecule has 0 atom stereocenters. The zero-order valence-electron chi connectivity index (χ0n) is 16.9. The van der Waals surface area contributed by atoms with E-state index in [1.165, 1.54) is 12.1 Å². The molecule has 8 heteroatoms. The molecule has 30 heavy (non-hydrogen) atoms. The quantitative estimate of drug-likeness (QED) is 0.497. The van der Waals surface area contributed by atoms with Crippen molar-refractivity contribution in [2.24, 2.45) is 0 Å². The largest absolute Gasteiger partial charge is 0.871 e. The Morgan fingerprint density at radius 3 is 2.30 bits per heavy atom. The molecular formula is C22H24ClNO6. The van der Waals surface area contributed by atoms with Gasteiger partial charge in [0.25, 0.3) is 0 Å². The summed E-state index contributed by atoms with van der Waals surface area (Å²) in [6.07, 6.45) is 0. The lowest BCUT2D eigenvalue weighted by molar-refractivity contribution is -0.914. The van der Waals surface area contributed by atoms with Crippen molar-refractivity contribution in [1.29, 1.82) is 0 Å². The highest BCUT2D eigenvalue weighted by Crippen LogP contribution is 2.35. The van der Waals surface area contributed by atoms with Crippen molar-refractivity contribution in [3.63, 3.8) is 0 Å².